The lowest BCUT2D eigenvalue weighted by atomic mass is 9.86. The Morgan fingerprint density at radius 3 is 1.25 bits per heavy atom. The van der Waals surface area contributed by atoms with Crippen LogP contribution in [-0.4, -0.2) is 59.0 Å². The minimum atomic E-state index is -2.68. The van der Waals surface area contributed by atoms with Crippen molar-refractivity contribution in [1.82, 2.24) is 0 Å². The lowest BCUT2D eigenvalue weighted by Gasteiger charge is -2.37. The fraction of sp³-hybridized carbons (Fsp3) is 0.400. The lowest BCUT2D eigenvalue weighted by Crippen LogP contribution is -2.51. The summed E-state index contributed by atoms with van der Waals surface area (Å²) in [7, 11) is 0. The third kappa shape index (κ3) is 5.95. The fourth-order valence-electron chi connectivity index (χ4n) is 1.53. The number of esters is 3. The van der Waals surface area contributed by atoms with Crippen LogP contribution in [0.15, 0.2) is 38.0 Å². The van der Waals surface area contributed by atoms with E-state index in [4.69, 9.17) is 14.2 Å². The van der Waals surface area contributed by atoms with Crippen LogP contribution in [-0.2, 0) is 28.6 Å². The summed E-state index contributed by atoms with van der Waals surface area (Å²) in [6, 6.07) is 0. The molecule has 0 aromatic carbocycles. The third-order valence-electron chi connectivity index (χ3n) is 2.87. The van der Waals surface area contributed by atoms with Gasteiger partial charge in [-0.1, -0.05) is 19.7 Å². The number of hydrogen-bond acceptors (Lipinski definition) is 9. The molecule has 0 amide bonds. The van der Waals surface area contributed by atoms with Crippen LogP contribution in [0.4, 0.5) is 0 Å². The molecule has 0 aromatic heterocycles. The average molecular weight is 344 g/mol. The van der Waals surface area contributed by atoms with E-state index in [0.29, 0.717) is 18.2 Å². The molecule has 0 bridgehead atoms. The van der Waals surface area contributed by atoms with E-state index in [1.54, 1.807) is 0 Å². The molecular formula is C15H20O9. The topological polar surface area (TPSA) is 140 Å². The molecule has 0 radical (unpaired) electrons. The van der Waals surface area contributed by atoms with Crippen molar-refractivity contribution in [2.45, 2.75) is 12.4 Å². The summed E-state index contributed by atoms with van der Waals surface area (Å²) in [4.78, 5) is 34.7. The van der Waals surface area contributed by atoms with Crippen LogP contribution < -0.4 is 0 Å². The zero-order chi connectivity index (χ0) is 18.8. The van der Waals surface area contributed by atoms with E-state index in [2.05, 4.69) is 19.7 Å². The highest BCUT2D eigenvalue weighted by atomic mass is 16.9. The minimum absolute atomic E-state index is 0.705. The number of aliphatic hydroxyl groups excluding tert-OH is 3. The first kappa shape index (κ1) is 21.5. The van der Waals surface area contributed by atoms with Gasteiger partial charge in [-0.2, -0.15) is 0 Å². The monoisotopic (exact) mass is 344 g/mol. The van der Waals surface area contributed by atoms with Crippen molar-refractivity contribution >= 4 is 17.9 Å². The molecular weight excluding hydrogens is 324 g/mol. The van der Waals surface area contributed by atoms with Gasteiger partial charge in [-0.3, -0.25) is 0 Å². The Kier molecular flexibility index (Phi) is 8.61. The molecule has 0 aliphatic rings. The van der Waals surface area contributed by atoms with Gasteiger partial charge in [0.15, 0.2) is 0 Å². The zero-order valence-corrected chi connectivity index (χ0v) is 13.0. The van der Waals surface area contributed by atoms with Crippen molar-refractivity contribution in [3.8, 4) is 0 Å². The molecule has 3 N–H and O–H groups in total. The second-order valence-corrected chi connectivity index (χ2v) is 4.71. The summed E-state index contributed by atoms with van der Waals surface area (Å²) in [6.45, 7) is 7.07. The normalized spacial score (nSPS) is 11.1. The number of hydrogen-bond donors (Lipinski definition) is 3. The number of carbonyl (C=O) groups excluding carboxylic acids is 3. The maximum Gasteiger partial charge on any atom is 0.424 e. The molecule has 0 spiro atoms. The lowest BCUT2D eigenvalue weighted by molar-refractivity contribution is -0.339. The Labute approximate surface area is 138 Å². The smallest absolute Gasteiger partial charge is 0.396 e. The van der Waals surface area contributed by atoms with E-state index >= 15 is 0 Å². The highest BCUT2D eigenvalue weighted by molar-refractivity contribution is 5.85. The van der Waals surface area contributed by atoms with Gasteiger partial charge in [0.05, 0.1) is 31.7 Å². The maximum absolute atomic E-state index is 11.6. The Hall–Kier alpha value is -2.49. The van der Waals surface area contributed by atoms with Crippen molar-refractivity contribution < 1.29 is 43.9 Å². The van der Waals surface area contributed by atoms with Crippen LogP contribution in [0.25, 0.3) is 0 Å². The molecule has 0 aromatic rings. The second kappa shape index (κ2) is 9.60. The van der Waals surface area contributed by atoms with Gasteiger partial charge < -0.3 is 29.5 Å². The van der Waals surface area contributed by atoms with Crippen LogP contribution in [0.5, 0.6) is 0 Å². The molecule has 0 saturated carbocycles. The number of ether oxygens (including phenoxy) is 3. The largest absolute Gasteiger partial charge is 0.424 e. The highest BCUT2D eigenvalue weighted by Gasteiger charge is 2.50. The summed E-state index contributed by atoms with van der Waals surface area (Å²) in [5, 5.41) is 28.2. The molecule has 0 aliphatic heterocycles. The van der Waals surface area contributed by atoms with E-state index in [0.717, 1.165) is 0 Å². The predicted octanol–water partition coefficient (Wildman–Crippen LogP) is -0.819. The first-order chi connectivity index (χ1) is 11.3. The fourth-order valence-corrected chi connectivity index (χ4v) is 1.53. The average Bonchev–Trinajstić information content (AvgIpc) is 2.59. The van der Waals surface area contributed by atoms with E-state index in [1.165, 1.54) is 0 Å². The van der Waals surface area contributed by atoms with Gasteiger partial charge >= 0.3 is 23.9 Å². The summed E-state index contributed by atoms with van der Waals surface area (Å²) in [5.41, 5.74) is -1.70. The number of carbonyl (C=O) groups is 3. The SMILES string of the molecule is C=CC(=O)OC(CC(CO)(CO)CO)(OC(=O)C=C)OC(=O)C=C. The van der Waals surface area contributed by atoms with Gasteiger partial charge in [0, 0.05) is 18.2 Å². The van der Waals surface area contributed by atoms with E-state index in [1.807, 2.05) is 0 Å². The molecule has 9 nitrogen and oxygen atoms in total. The van der Waals surface area contributed by atoms with Gasteiger partial charge in [0.1, 0.15) is 0 Å². The quantitative estimate of drug-likeness (QED) is 0.249. The summed E-state index contributed by atoms with van der Waals surface area (Å²) in [5.74, 6) is -6.08. The van der Waals surface area contributed by atoms with Crippen molar-refractivity contribution in [3.63, 3.8) is 0 Å². The third-order valence-corrected chi connectivity index (χ3v) is 2.87. The van der Waals surface area contributed by atoms with Crippen LogP contribution >= 0.6 is 0 Å². The molecule has 0 rings (SSSR count). The minimum Gasteiger partial charge on any atom is -0.396 e. The Balaban J connectivity index is 6.00. The Morgan fingerprint density at radius 2 is 1.04 bits per heavy atom. The standard InChI is InChI=1S/C15H20O9/c1-4-11(19)22-15(23-12(20)5-2,24-13(21)6-3)7-14(8-16,9-17)10-18/h4-6,16-18H,1-3,7-10H2. The molecule has 0 fully saturated rings. The summed E-state index contributed by atoms with van der Waals surface area (Å²) < 4.78 is 14.5. The van der Waals surface area contributed by atoms with Gasteiger partial charge in [0.25, 0.3) is 0 Å². The maximum atomic E-state index is 11.6. The highest BCUT2D eigenvalue weighted by Crippen LogP contribution is 2.33. The first-order valence-electron chi connectivity index (χ1n) is 6.64. The first-order valence-corrected chi connectivity index (χ1v) is 6.64. The number of aliphatic hydroxyl groups is 3. The van der Waals surface area contributed by atoms with Crippen LogP contribution in [0.3, 0.4) is 0 Å². The van der Waals surface area contributed by atoms with Crippen LogP contribution in [0.2, 0.25) is 0 Å². The molecule has 134 valence electrons. The van der Waals surface area contributed by atoms with Crippen LogP contribution in [0, 0.1) is 5.41 Å². The molecule has 0 aliphatic carbocycles. The van der Waals surface area contributed by atoms with Crippen molar-refractivity contribution in [1.29, 1.82) is 0 Å². The van der Waals surface area contributed by atoms with Crippen molar-refractivity contribution in [3.05, 3.63) is 38.0 Å². The van der Waals surface area contributed by atoms with Gasteiger partial charge in [-0.05, 0) is 0 Å². The molecule has 0 saturated heterocycles. The van der Waals surface area contributed by atoms with E-state index in [-0.39, 0.29) is 0 Å². The predicted molar refractivity (Wildman–Crippen MR) is 79.9 cm³/mol. The summed E-state index contributed by atoms with van der Waals surface area (Å²) in [6.07, 6.45) is 1.35. The van der Waals surface area contributed by atoms with E-state index in [9.17, 15) is 29.7 Å². The van der Waals surface area contributed by atoms with Gasteiger partial charge in [-0.25, -0.2) is 14.4 Å². The second-order valence-electron chi connectivity index (χ2n) is 4.71. The molecule has 9 heteroatoms. The van der Waals surface area contributed by atoms with Crippen LogP contribution in [0.1, 0.15) is 6.42 Å². The van der Waals surface area contributed by atoms with Crippen molar-refractivity contribution in [2.24, 2.45) is 5.41 Å². The molecule has 0 heterocycles. The molecule has 0 atom stereocenters. The zero-order valence-electron chi connectivity index (χ0n) is 13.0. The van der Waals surface area contributed by atoms with Gasteiger partial charge in [0.2, 0.25) is 0 Å². The molecule has 24 heavy (non-hydrogen) atoms. The van der Waals surface area contributed by atoms with E-state index < -0.39 is 55.5 Å². The number of rotatable bonds is 11. The Morgan fingerprint density at radius 1 is 0.750 bits per heavy atom. The molecule has 0 unspecified atom stereocenters. The van der Waals surface area contributed by atoms with Crippen molar-refractivity contribution in [2.75, 3.05) is 19.8 Å². The Bertz CT molecular complexity index is 442. The van der Waals surface area contributed by atoms with Gasteiger partial charge in [-0.15, -0.1) is 0 Å². The summed E-state index contributed by atoms with van der Waals surface area (Å²) >= 11 is 0.